The van der Waals surface area contributed by atoms with Crippen LogP contribution in [0.3, 0.4) is 0 Å². The number of nitro benzene ring substituents is 1. The molecule has 0 spiro atoms. The van der Waals surface area contributed by atoms with E-state index in [9.17, 15) is 10.1 Å². The molecule has 1 atom stereocenters. The topological polar surface area (TPSA) is 85.7 Å². The van der Waals surface area contributed by atoms with Crippen LogP contribution in [0.15, 0.2) is 12.1 Å². The number of ether oxygens (including phenoxy) is 2. The number of rotatable bonds is 7. The van der Waals surface area contributed by atoms with Crippen LogP contribution in [0.2, 0.25) is 0 Å². The van der Waals surface area contributed by atoms with E-state index in [4.69, 9.17) is 9.47 Å². The molecule has 0 amide bonds. The third-order valence-corrected chi connectivity index (χ3v) is 3.67. The molecule has 0 aromatic heterocycles. The lowest BCUT2D eigenvalue weighted by atomic mass is 10.1. The first-order chi connectivity index (χ1) is 10.2. The number of methoxy groups -OCH3 is 2. The summed E-state index contributed by atoms with van der Waals surface area (Å²) in [5.41, 5.74) is 0.447. The minimum atomic E-state index is -0.419. The monoisotopic (exact) mass is 295 g/mol. The lowest BCUT2D eigenvalue weighted by molar-refractivity contribution is -0.384. The summed E-state index contributed by atoms with van der Waals surface area (Å²) in [5.74, 6) is 0.830. The summed E-state index contributed by atoms with van der Waals surface area (Å²) in [4.78, 5) is 10.7. The molecule has 0 aliphatic carbocycles. The molecule has 0 radical (unpaired) electrons. The van der Waals surface area contributed by atoms with Crippen molar-refractivity contribution in [2.45, 2.75) is 25.3 Å². The Morgan fingerprint density at radius 2 is 2.10 bits per heavy atom. The third kappa shape index (κ3) is 3.75. The molecule has 1 aliphatic rings. The van der Waals surface area contributed by atoms with E-state index in [-0.39, 0.29) is 5.69 Å². The first-order valence-corrected chi connectivity index (χ1v) is 7.03. The number of benzene rings is 1. The highest BCUT2D eigenvalue weighted by atomic mass is 16.6. The molecule has 7 heteroatoms. The van der Waals surface area contributed by atoms with Gasteiger partial charge in [-0.25, -0.2) is 0 Å². The molecule has 1 saturated heterocycles. The van der Waals surface area contributed by atoms with Gasteiger partial charge in [0.2, 0.25) is 0 Å². The highest BCUT2D eigenvalue weighted by Gasteiger charge is 2.20. The summed E-state index contributed by atoms with van der Waals surface area (Å²) in [7, 11) is 2.97. The molecule has 1 unspecified atom stereocenters. The van der Waals surface area contributed by atoms with Crippen molar-refractivity contribution < 1.29 is 14.4 Å². The zero-order valence-corrected chi connectivity index (χ0v) is 12.3. The summed E-state index contributed by atoms with van der Waals surface area (Å²) in [5, 5.41) is 17.7. The van der Waals surface area contributed by atoms with E-state index in [2.05, 4.69) is 10.6 Å². The van der Waals surface area contributed by atoms with Gasteiger partial charge in [-0.2, -0.15) is 0 Å². The maximum absolute atomic E-state index is 11.2. The summed E-state index contributed by atoms with van der Waals surface area (Å²) in [6.45, 7) is 1.73. The fourth-order valence-electron chi connectivity index (χ4n) is 2.55. The largest absolute Gasteiger partial charge is 0.493 e. The number of nitrogens with one attached hydrogen (secondary N) is 2. The smallest absolute Gasteiger partial charge is 0.296 e. The van der Waals surface area contributed by atoms with Crippen molar-refractivity contribution in [1.82, 2.24) is 5.32 Å². The van der Waals surface area contributed by atoms with Gasteiger partial charge in [0.05, 0.1) is 25.2 Å². The van der Waals surface area contributed by atoms with Crippen LogP contribution in [0.1, 0.15) is 19.3 Å². The van der Waals surface area contributed by atoms with E-state index in [1.54, 1.807) is 6.07 Å². The maximum Gasteiger partial charge on any atom is 0.296 e. The van der Waals surface area contributed by atoms with Crippen LogP contribution in [-0.2, 0) is 0 Å². The number of hydrogen-bond acceptors (Lipinski definition) is 6. The van der Waals surface area contributed by atoms with Gasteiger partial charge >= 0.3 is 0 Å². The molecular formula is C14H21N3O4. The van der Waals surface area contributed by atoms with E-state index < -0.39 is 4.92 Å². The predicted octanol–water partition coefficient (Wildman–Crippen LogP) is 2.17. The predicted molar refractivity (Wildman–Crippen MR) is 80.3 cm³/mol. The van der Waals surface area contributed by atoms with Gasteiger partial charge in [-0.05, 0) is 25.8 Å². The quantitative estimate of drug-likeness (QED) is 0.592. The first-order valence-electron chi connectivity index (χ1n) is 7.03. The van der Waals surface area contributed by atoms with E-state index in [0.29, 0.717) is 29.8 Å². The van der Waals surface area contributed by atoms with Gasteiger partial charge in [0.15, 0.2) is 11.5 Å². The van der Waals surface area contributed by atoms with Gasteiger partial charge in [-0.15, -0.1) is 0 Å². The van der Waals surface area contributed by atoms with Crippen LogP contribution in [0.4, 0.5) is 11.4 Å². The Bertz CT molecular complexity index is 501. The fourth-order valence-corrected chi connectivity index (χ4v) is 2.55. The Balaban J connectivity index is 2.10. The number of nitrogens with zero attached hydrogens (tertiary/aromatic N) is 1. The second kappa shape index (κ2) is 7.12. The van der Waals surface area contributed by atoms with Crippen LogP contribution < -0.4 is 20.1 Å². The number of nitro groups is 1. The Labute approximate surface area is 123 Å². The molecule has 7 nitrogen and oxygen atoms in total. The number of hydrogen-bond donors (Lipinski definition) is 2. The van der Waals surface area contributed by atoms with Crippen LogP contribution in [0.25, 0.3) is 0 Å². The van der Waals surface area contributed by atoms with Crippen molar-refractivity contribution in [1.29, 1.82) is 0 Å². The Morgan fingerprint density at radius 3 is 2.67 bits per heavy atom. The molecule has 21 heavy (non-hydrogen) atoms. The van der Waals surface area contributed by atoms with Gasteiger partial charge in [-0.1, -0.05) is 0 Å². The van der Waals surface area contributed by atoms with Crippen molar-refractivity contribution >= 4 is 11.4 Å². The van der Waals surface area contributed by atoms with Crippen molar-refractivity contribution in [3.63, 3.8) is 0 Å². The summed E-state index contributed by atoms with van der Waals surface area (Å²) >= 11 is 0. The van der Waals surface area contributed by atoms with Crippen molar-refractivity contribution in [2.75, 3.05) is 32.6 Å². The van der Waals surface area contributed by atoms with Crippen LogP contribution in [-0.4, -0.2) is 38.3 Å². The minimum absolute atomic E-state index is 0.00738. The Kier molecular flexibility index (Phi) is 5.21. The third-order valence-electron chi connectivity index (χ3n) is 3.67. The van der Waals surface area contributed by atoms with Gasteiger partial charge in [0, 0.05) is 18.7 Å². The highest BCUT2D eigenvalue weighted by Crippen LogP contribution is 2.37. The molecule has 1 aliphatic heterocycles. The van der Waals surface area contributed by atoms with Gasteiger partial charge in [-0.3, -0.25) is 10.1 Å². The Hall–Kier alpha value is -2.02. The van der Waals surface area contributed by atoms with Crippen molar-refractivity contribution in [2.24, 2.45) is 0 Å². The first kappa shape index (κ1) is 15.4. The van der Waals surface area contributed by atoms with Crippen LogP contribution in [0.5, 0.6) is 11.5 Å². The van der Waals surface area contributed by atoms with Crippen molar-refractivity contribution in [3.8, 4) is 11.5 Å². The van der Waals surface area contributed by atoms with E-state index >= 15 is 0 Å². The van der Waals surface area contributed by atoms with E-state index in [1.807, 2.05) is 0 Å². The minimum Gasteiger partial charge on any atom is -0.493 e. The maximum atomic E-state index is 11.2. The molecule has 2 N–H and O–H groups in total. The second-order valence-electron chi connectivity index (χ2n) is 4.99. The fraction of sp³-hybridized carbons (Fsp3) is 0.571. The molecular weight excluding hydrogens is 274 g/mol. The molecule has 116 valence electrons. The van der Waals surface area contributed by atoms with Crippen LogP contribution >= 0.6 is 0 Å². The molecule has 1 fully saturated rings. The average Bonchev–Trinajstić information content (AvgIpc) is 2.99. The summed E-state index contributed by atoms with van der Waals surface area (Å²) in [6, 6.07) is 3.49. The standard InChI is InChI=1S/C14H21N3O4/c1-20-13-8-11(12(17(18)19)9-14(13)21-2)16-7-5-10-4-3-6-15-10/h8-10,15-16H,3-7H2,1-2H3. The van der Waals surface area contributed by atoms with Gasteiger partial charge < -0.3 is 20.1 Å². The van der Waals surface area contributed by atoms with Crippen LogP contribution in [0, 0.1) is 10.1 Å². The lowest BCUT2D eigenvalue weighted by Crippen LogP contribution is -2.24. The Morgan fingerprint density at radius 1 is 1.38 bits per heavy atom. The molecule has 0 saturated carbocycles. The zero-order valence-electron chi connectivity index (χ0n) is 12.3. The average molecular weight is 295 g/mol. The summed E-state index contributed by atoms with van der Waals surface area (Å²) in [6.07, 6.45) is 3.29. The second-order valence-corrected chi connectivity index (χ2v) is 4.99. The molecule has 1 aromatic carbocycles. The van der Waals surface area contributed by atoms with Crippen molar-refractivity contribution in [3.05, 3.63) is 22.2 Å². The van der Waals surface area contributed by atoms with Gasteiger partial charge in [0.25, 0.3) is 5.69 Å². The SMILES string of the molecule is COc1cc(NCCC2CCCN2)c([N+](=O)[O-])cc1OC. The lowest BCUT2D eigenvalue weighted by Gasteiger charge is -2.14. The molecule has 1 heterocycles. The molecule has 1 aromatic rings. The highest BCUT2D eigenvalue weighted by molar-refractivity contribution is 5.68. The summed E-state index contributed by atoms with van der Waals surface area (Å²) < 4.78 is 10.3. The number of anilines is 1. The van der Waals surface area contributed by atoms with E-state index in [0.717, 1.165) is 19.4 Å². The normalized spacial score (nSPS) is 17.5. The van der Waals surface area contributed by atoms with Gasteiger partial charge in [0.1, 0.15) is 5.69 Å². The molecule has 2 rings (SSSR count). The van der Waals surface area contributed by atoms with E-state index in [1.165, 1.54) is 26.7 Å². The zero-order chi connectivity index (χ0) is 15.2. The molecule has 0 bridgehead atoms.